The number of aromatic nitrogens is 1. The van der Waals surface area contributed by atoms with Gasteiger partial charge in [0.15, 0.2) is 0 Å². The van der Waals surface area contributed by atoms with Crippen molar-refractivity contribution in [2.24, 2.45) is 12.2 Å². The van der Waals surface area contributed by atoms with Gasteiger partial charge in [-0.3, -0.25) is 0 Å². The molecule has 0 radical (unpaired) electrons. The Morgan fingerprint density at radius 1 is 1.43 bits per heavy atom. The van der Waals surface area contributed by atoms with E-state index >= 15 is 0 Å². The van der Waals surface area contributed by atoms with Crippen molar-refractivity contribution in [2.75, 3.05) is 5.32 Å². The quantitative estimate of drug-likeness (QED) is 0.860. The maximum absolute atomic E-state index is 11.3. The standard InChI is InChI=1S/C13H13BrN4O2S/c1-18-8-9(4-10(18)6-15)7-17-13-3-2-11(5-12(13)14)21(16,19)20/h2-5,8,17H,7H2,1H3,(H2,16,19,20). The Kier molecular flexibility index (Phi) is 4.37. The van der Waals surface area contributed by atoms with Crippen LogP contribution >= 0.6 is 15.9 Å². The van der Waals surface area contributed by atoms with Crippen molar-refractivity contribution >= 4 is 31.6 Å². The molecule has 6 nitrogen and oxygen atoms in total. The molecule has 2 rings (SSSR count). The predicted molar refractivity (Wildman–Crippen MR) is 83.0 cm³/mol. The zero-order valence-electron chi connectivity index (χ0n) is 11.2. The summed E-state index contributed by atoms with van der Waals surface area (Å²) in [6.07, 6.45) is 1.86. The van der Waals surface area contributed by atoms with Gasteiger partial charge in [0, 0.05) is 29.9 Å². The molecule has 3 N–H and O–H groups in total. The van der Waals surface area contributed by atoms with Crippen LogP contribution in [0.3, 0.4) is 0 Å². The van der Waals surface area contributed by atoms with E-state index in [4.69, 9.17) is 10.4 Å². The zero-order chi connectivity index (χ0) is 15.6. The number of aryl methyl sites for hydroxylation is 1. The number of primary sulfonamides is 1. The molecular weight excluding hydrogens is 356 g/mol. The van der Waals surface area contributed by atoms with Crippen molar-refractivity contribution < 1.29 is 8.42 Å². The van der Waals surface area contributed by atoms with E-state index in [9.17, 15) is 8.42 Å². The maximum Gasteiger partial charge on any atom is 0.238 e. The van der Waals surface area contributed by atoms with E-state index in [1.54, 1.807) is 23.7 Å². The van der Waals surface area contributed by atoms with Crippen LogP contribution in [0.25, 0.3) is 0 Å². The molecule has 0 aliphatic rings. The van der Waals surface area contributed by atoms with Crippen molar-refractivity contribution in [1.82, 2.24) is 4.57 Å². The van der Waals surface area contributed by atoms with E-state index in [2.05, 4.69) is 27.3 Å². The number of hydrogen-bond acceptors (Lipinski definition) is 4. The molecule has 0 bridgehead atoms. The smallest absolute Gasteiger partial charge is 0.238 e. The second kappa shape index (κ2) is 5.89. The highest BCUT2D eigenvalue weighted by atomic mass is 79.9. The van der Waals surface area contributed by atoms with Crippen LogP contribution in [0.1, 0.15) is 11.3 Å². The third-order valence-corrected chi connectivity index (χ3v) is 4.50. The second-order valence-corrected chi connectivity index (χ2v) is 6.91. The number of rotatable bonds is 4. The van der Waals surface area contributed by atoms with Gasteiger partial charge in [0.05, 0.1) is 4.90 Å². The predicted octanol–water partition coefficient (Wildman–Crippen LogP) is 1.92. The van der Waals surface area contributed by atoms with Gasteiger partial charge in [0.1, 0.15) is 11.8 Å². The molecule has 1 aromatic carbocycles. The minimum absolute atomic E-state index is 0.0476. The summed E-state index contributed by atoms with van der Waals surface area (Å²) in [7, 11) is -1.91. The van der Waals surface area contributed by atoms with Crippen LogP contribution in [0.5, 0.6) is 0 Å². The second-order valence-electron chi connectivity index (χ2n) is 4.50. The van der Waals surface area contributed by atoms with Gasteiger partial charge in [-0.2, -0.15) is 5.26 Å². The molecule has 1 heterocycles. The molecule has 0 aliphatic heterocycles. The lowest BCUT2D eigenvalue weighted by atomic mass is 10.3. The molecule has 0 spiro atoms. The van der Waals surface area contributed by atoms with Gasteiger partial charge in [0.2, 0.25) is 10.0 Å². The van der Waals surface area contributed by atoms with Gasteiger partial charge in [-0.1, -0.05) is 0 Å². The molecule has 110 valence electrons. The number of halogens is 1. The first-order valence-electron chi connectivity index (χ1n) is 5.93. The van der Waals surface area contributed by atoms with Gasteiger partial charge in [-0.15, -0.1) is 0 Å². The van der Waals surface area contributed by atoms with Crippen LogP contribution in [0.2, 0.25) is 0 Å². The summed E-state index contributed by atoms with van der Waals surface area (Å²) in [6.45, 7) is 0.517. The first kappa shape index (κ1) is 15.6. The fourth-order valence-electron chi connectivity index (χ4n) is 1.85. The molecule has 0 amide bonds. The number of nitrogens with zero attached hydrogens (tertiary/aromatic N) is 2. The molecule has 0 unspecified atom stereocenters. The van der Waals surface area contributed by atoms with Gasteiger partial charge >= 0.3 is 0 Å². The Balaban J connectivity index is 2.15. The molecule has 21 heavy (non-hydrogen) atoms. The Hall–Kier alpha value is -1.82. The third kappa shape index (κ3) is 3.64. The summed E-state index contributed by atoms with van der Waals surface area (Å²) in [4.78, 5) is 0.0476. The molecule has 1 aromatic heterocycles. The number of sulfonamides is 1. The molecule has 8 heteroatoms. The van der Waals surface area contributed by atoms with E-state index in [1.807, 2.05) is 6.20 Å². The summed E-state index contributed by atoms with van der Waals surface area (Å²) in [5, 5.41) is 17.1. The highest BCUT2D eigenvalue weighted by molar-refractivity contribution is 9.10. The molecule has 0 saturated heterocycles. The van der Waals surface area contributed by atoms with Gasteiger partial charge in [0.25, 0.3) is 0 Å². The normalized spacial score (nSPS) is 11.1. The number of hydrogen-bond donors (Lipinski definition) is 2. The summed E-state index contributed by atoms with van der Waals surface area (Å²) in [6, 6.07) is 8.41. The summed E-state index contributed by atoms with van der Waals surface area (Å²) >= 11 is 3.31. The summed E-state index contributed by atoms with van der Waals surface area (Å²) in [5.74, 6) is 0. The lowest BCUT2D eigenvalue weighted by molar-refractivity contribution is 0.598. The molecule has 0 fully saturated rings. The van der Waals surface area contributed by atoms with E-state index in [0.717, 1.165) is 11.3 Å². The van der Waals surface area contributed by atoms with E-state index in [0.29, 0.717) is 16.7 Å². The molecule has 0 atom stereocenters. The van der Waals surface area contributed by atoms with E-state index in [-0.39, 0.29) is 4.90 Å². The topological polar surface area (TPSA) is 101 Å². The highest BCUT2D eigenvalue weighted by Gasteiger charge is 2.10. The highest BCUT2D eigenvalue weighted by Crippen LogP contribution is 2.25. The number of nitriles is 1. The average molecular weight is 369 g/mol. The summed E-state index contributed by atoms with van der Waals surface area (Å²) in [5.41, 5.74) is 2.27. The largest absolute Gasteiger partial charge is 0.380 e. The molecule has 2 aromatic rings. The molecule has 0 aliphatic carbocycles. The Labute approximate surface area is 131 Å². The number of anilines is 1. The Morgan fingerprint density at radius 3 is 2.67 bits per heavy atom. The minimum atomic E-state index is -3.71. The molecule has 0 saturated carbocycles. The monoisotopic (exact) mass is 368 g/mol. The van der Waals surface area contributed by atoms with Crippen LogP contribution in [0.15, 0.2) is 39.8 Å². The third-order valence-electron chi connectivity index (χ3n) is 2.93. The minimum Gasteiger partial charge on any atom is -0.380 e. The SMILES string of the molecule is Cn1cc(CNc2ccc(S(N)(=O)=O)cc2Br)cc1C#N. The fraction of sp³-hybridized carbons (Fsp3) is 0.154. The van der Waals surface area contributed by atoms with Crippen LogP contribution in [0, 0.1) is 11.3 Å². The Morgan fingerprint density at radius 2 is 2.14 bits per heavy atom. The zero-order valence-corrected chi connectivity index (χ0v) is 13.6. The van der Waals surface area contributed by atoms with Crippen molar-refractivity contribution in [3.8, 4) is 6.07 Å². The van der Waals surface area contributed by atoms with Crippen molar-refractivity contribution in [2.45, 2.75) is 11.4 Å². The van der Waals surface area contributed by atoms with Crippen LogP contribution in [-0.4, -0.2) is 13.0 Å². The number of nitrogens with two attached hydrogens (primary N) is 1. The first-order chi connectivity index (χ1) is 9.81. The van der Waals surface area contributed by atoms with Gasteiger partial charge in [-0.05, 0) is 45.8 Å². The van der Waals surface area contributed by atoms with E-state index in [1.165, 1.54) is 12.1 Å². The van der Waals surface area contributed by atoms with Crippen molar-refractivity contribution in [1.29, 1.82) is 5.26 Å². The fourth-order valence-corrected chi connectivity index (χ4v) is 3.06. The van der Waals surface area contributed by atoms with Crippen molar-refractivity contribution in [3.05, 3.63) is 46.2 Å². The van der Waals surface area contributed by atoms with Crippen molar-refractivity contribution in [3.63, 3.8) is 0 Å². The average Bonchev–Trinajstić information content (AvgIpc) is 2.76. The van der Waals surface area contributed by atoms with Crippen LogP contribution in [-0.2, 0) is 23.6 Å². The molecular formula is C13H13BrN4O2S. The van der Waals surface area contributed by atoms with Crippen LogP contribution < -0.4 is 10.5 Å². The van der Waals surface area contributed by atoms with Gasteiger partial charge in [-0.25, -0.2) is 13.6 Å². The number of nitrogens with one attached hydrogen (secondary N) is 1. The lowest BCUT2D eigenvalue weighted by Gasteiger charge is -2.08. The lowest BCUT2D eigenvalue weighted by Crippen LogP contribution is -2.12. The maximum atomic E-state index is 11.3. The first-order valence-corrected chi connectivity index (χ1v) is 8.27. The number of benzene rings is 1. The summed E-state index contributed by atoms with van der Waals surface area (Å²) < 4.78 is 24.9. The van der Waals surface area contributed by atoms with E-state index < -0.39 is 10.0 Å². The Bertz CT molecular complexity index is 821. The van der Waals surface area contributed by atoms with Gasteiger partial charge < -0.3 is 9.88 Å². The van der Waals surface area contributed by atoms with Crippen LogP contribution in [0.4, 0.5) is 5.69 Å².